The van der Waals surface area contributed by atoms with E-state index >= 15 is 0 Å². The van der Waals surface area contributed by atoms with E-state index in [1.807, 2.05) is 0 Å². The van der Waals surface area contributed by atoms with Crippen LogP contribution in [0.25, 0.3) is 11.1 Å². The largest absolute Gasteiger partial charge is 0.294 e. The van der Waals surface area contributed by atoms with Gasteiger partial charge < -0.3 is 0 Å². The molecule has 4 rings (SSSR count). The van der Waals surface area contributed by atoms with Crippen molar-refractivity contribution in [1.29, 1.82) is 0 Å². The van der Waals surface area contributed by atoms with Crippen molar-refractivity contribution in [3.05, 3.63) is 58.7 Å². The van der Waals surface area contributed by atoms with Crippen molar-refractivity contribution in [2.45, 2.75) is 12.8 Å². The maximum absolute atomic E-state index is 11.8. The summed E-state index contributed by atoms with van der Waals surface area (Å²) in [5.41, 5.74) is 3.31. The van der Waals surface area contributed by atoms with Crippen molar-refractivity contribution < 1.29 is 19.2 Å². The van der Waals surface area contributed by atoms with Gasteiger partial charge in [0.15, 0.2) is 23.1 Å². The molecule has 0 aliphatic heterocycles. The van der Waals surface area contributed by atoms with E-state index in [-0.39, 0.29) is 36.0 Å². The molecular formula is C18H10O4. The van der Waals surface area contributed by atoms with Gasteiger partial charge >= 0.3 is 0 Å². The van der Waals surface area contributed by atoms with Gasteiger partial charge in [0.25, 0.3) is 0 Å². The van der Waals surface area contributed by atoms with Gasteiger partial charge in [0, 0.05) is 22.3 Å². The van der Waals surface area contributed by atoms with E-state index in [4.69, 9.17) is 0 Å². The van der Waals surface area contributed by atoms with E-state index in [1.54, 1.807) is 36.4 Å². The minimum absolute atomic E-state index is 0.0735. The maximum atomic E-state index is 11.8. The summed E-state index contributed by atoms with van der Waals surface area (Å²) in [6, 6.07) is 10.2. The SMILES string of the molecule is O=C1CC(=O)c2cc(-c3ccc4c(c3)C(=O)CC4=O)ccc21. The van der Waals surface area contributed by atoms with Gasteiger partial charge in [-0.25, -0.2) is 0 Å². The Morgan fingerprint density at radius 1 is 0.500 bits per heavy atom. The highest BCUT2D eigenvalue weighted by Crippen LogP contribution is 2.31. The molecule has 0 saturated heterocycles. The number of fused-ring (bicyclic) bond motifs is 2. The zero-order valence-electron chi connectivity index (χ0n) is 11.5. The number of carbonyl (C=O) groups excluding carboxylic acids is 4. The second kappa shape index (κ2) is 4.31. The van der Waals surface area contributed by atoms with Crippen LogP contribution in [-0.4, -0.2) is 23.1 Å². The van der Waals surface area contributed by atoms with Gasteiger partial charge in [0.2, 0.25) is 0 Å². The molecule has 0 heterocycles. The Labute approximate surface area is 125 Å². The lowest BCUT2D eigenvalue weighted by atomic mass is 9.97. The van der Waals surface area contributed by atoms with E-state index in [1.165, 1.54) is 0 Å². The number of Topliss-reactive ketones (excluding diaryl/α,β-unsaturated/α-hetero) is 4. The summed E-state index contributed by atoms with van der Waals surface area (Å²) in [6.45, 7) is 0. The summed E-state index contributed by atoms with van der Waals surface area (Å²) in [7, 11) is 0. The number of carbonyl (C=O) groups is 4. The van der Waals surface area contributed by atoms with Gasteiger partial charge in [-0.15, -0.1) is 0 Å². The number of ketones is 4. The van der Waals surface area contributed by atoms with Crippen molar-refractivity contribution in [3.8, 4) is 11.1 Å². The summed E-state index contributed by atoms with van der Waals surface area (Å²) < 4.78 is 0. The Kier molecular flexibility index (Phi) is 2.51. The molecule has 0 unspecified atom stereocenters. The third kappa shape index (κ3) is 1.70. The van der Waals surface area contributed by atoms with Crippen molar-refractivity contribution >= 4 is 23.1 Å². The van der Waals surface area contributed by atoms with E-state index in [2.05, 4.69) is 0 Å². The van der Waals surface area contributed by atoms with Gasteiger partial charge in [-0.3, -0.25) is 19.2 Å². The minimum atomic E-state index is -0.172. The van der Waals surface area contributed by atoms with Crippen molar-refractivity contribution in [3.63, 3.8) is 0 Å². The molecule has 2 aromatic carbocycles. The summed E-state index contributed by atoms with van der Waals surface area (Å²) >= 11 is 0. The molecule has 22 heavy (non-hydrogen) atoms. The number of rotatable bonds is 1. The van der Waals surface area contributed by atoms with Crippen LogP contribution >= 0.6 is 0 Å². The Morgan fingerprint density at radius 3 is 1.27 bits per heavy atom. The Balaban J connectivity index is 1.84. The average Bonchev–Trinajstić information content (AvgIpc) is 2.96. The van der Waals surface area contributed by atoms with E-state index < -0.39 is 0 Å². The summed E-state index contributed by atoms with van der Waals surface area (Å²) in [6.07, 6.45) is -0.147. The smallest absolute Gasteiger partial charge is 0.171 e. The first-order valence-corrected chi connectivity index (χ1v) is 6.96. The Bertz CT molecular complexity index is 830. The second-order valence-electron chi connectivity index (χ2n) is 5.57. The van der Waals surface area contributed by atoms with Gasteiger partial charge in [-0.05, 0) is 23.3 Å². The quantitative estimate of drug-likeness (QED) is 0.757. The monoisotopic (exact) mass is 290 g/mol. The van der Waals surface area contributed by atoms with Crippen LogP contribution in [0.3, 0.4) is 0 Å². The highest BCUT2D eigenvalue weighted by atomic mass is 16.2. The molecule has 0 bridgehead atoms. The lowest BCUT2D eigenvalue weighted by Gasteiger charge is -2.06. The molecule has 2 aliphatic carbocycles. The molecule has 4 nitrogen and oxygen atoms in total. The van der Waals surface area contributed by atoms with E-state index in [9.17, 15) is 19.2 Å². The molecular weight excluding hydrogens is 280 g/mol. The molecule has 2 aromatic rings. The van der Waals surface area contributed by atoms with Crippen LogP contribution in [0.4, 0.5) is 0 Å². The number of hydrogen-bond acceptors (Lipinski definition) is 4. The molecule has 4 heteroatoms. The van der Waals surface area contributed by atoms with Crippen LogP contribution in [0, 0.1) is 0 Å². The third-order valence-electron chi connectivity index (χ3n) is 4.22. The lowest BCUT2D eigenvalue weighted by molar-refractivity contribution is 0.0906. The van der Waals surface area contributed by atoms with Crippen LogP contribution in [-0.2, 0) is 0 Å². The van der Waals surface area contributed by atoms with Crippen LogP contribution in [0.1, 0.15) is 54.3 Å². The van der Waals surface area contributed by atoms with Crippen molar-refractivity contribution in [2.75, 3.05) is 0 Å². The fraction of sp³-hybridized carbons (Fsp3) is 0.111. The van der Waals surface area contributed by atoms with E-state index in [0.29, 0.717) is 22.3 Å². The minimum Gasteiger partial charge on any atom is -0.294 e. The number of benzene rings is 2. The van der Waals surface area contributed by atoms with Crippen molar-refractivity contribution in [1.82, 2.24) is 0 Å². The van der Waals surface area contributed by atoms with E-state index in [0.717, 1.165) is 11.1 Å². The predicted molar refractivity (Wildman–Crippen MR) is 78.4 cm³/mol. The molecule has 0 spiro atoms. The predicted octanol–water partition coefficient (Wildman–Crippen LogP) is 2.89. The molecule has 106 valence electrons. The highest BCUT2D eigenvalue weighted by molar-refractivity contribution is 6.25. The molecule has 0 amide bonds. The normalized spacial score (nSPS) is 16.2. The molecule has 2 aliphatic rings. The first kappa shape index (κ1) is 12.8. The third-order valence-corrected chi connectivity index (χ3v) is 4.22. The van der Waals surface area contributed by atoms with Crippen LogP contribution in [0.2, 0.25) is 0 Å². The molecule has 0 N–H and O–H groups in total. The van der Waals surface area contributed by atoms with Crippen LogP contribution in [0.15, 0.2) is 36.4 Å². The summed E-state index contributed by atoms with van der Waals surface area (Å²) in [5, 5.41) is 0. The zero-order chi connectivity index (χ0) is 15.4. The summed E-state index contributed by atoms with van der Waals surface area (Å²) in [5.74, 6) is -0.647. The topological polar surface area (TPSA) is 68.3 Å². The van der Waals surface area contributed by atoms with Crippen LogP contribution in [0.5, 0.6) is 0 Å². The Morgan fingerprint density at radius 2 is 0.864 bits per heavy atom. The molecule has 0 fully saturated rings. The molecule has 0 aromatic heterocycles. The first-order chi connectivity index (χ1) is 10.5. The van der Waals surface area contributed by atoms with Gasteiger partial charge in [-0.1, -0.05) is 24.3 Å². The average molecular weight is 290 g/mol. The second-order valence-corrected chi connectivity index (χ2v) is 5.57. The molecule has 0 radical (unpaired) electrons. The molecule has 0 saturated carbocycles. The molecule has 0 atom stereocenters. The van der Waals surface area contributed by atoms with Crippen molar-refractivity contribution in [2.24, 2.45) is 0 Å². The first-order valence-electron chi connectivity index (χ1n) is 6.96. The standard InChI is InChI=1S/C18H10O4/c19-15-7-17(21)13-5-9(1-3-11(13)15)10-2-4-12-14(6-10)18(22)8-16(12)20/h1-6H,7-8H2. The maximum Gasteiger partial charge on any atom is 0.171 e. The van der Waals surface area contributed by atoms with Crippen LogP contribution < -0.4 is 0 Å². The van der Waals surface area contributed by atoms with Gasteiger partial charge in [0.05, 0.1) is 12.8 Å². The zero-order valence-corrected chi connectivity index (χ0v) is 11.5. The fourth-order valence-corrected chi connectivity index (χ4v) is 3.07. The van der Waals surface area contributed by atoms with Gasteiger partial charge in [-0.2, -0.15) is 0 Å². The lowest BCUT2D eigenvalue weighted by Crippen LogP contribution is -1.94. The Hall–Kier alpha value is -2.88. The fourth-order valence-electron chi connectivity index (χ4n) is 3.07. The summed E-state index contributed by atoms with van der Waals surface area (Å²) in [4.78, 5) is 47.0. The van der Waals surface area contributed by atoms with Gasteiger partial charge in [0.1, 0.15) is 0 Å². The highest BCUT2D eigenvalue weighted by Gasteiger charge is 2.29. The number of hydrogen-bond donors (Lipinski definition) is 0.